The monoisotopic (exact) mass is 402 g/mol. The zero-order chi connectivity index (χ0) is 18.4. The number of amides is 1. The Kier molecular flexibility index (Phi) is 6.70. The van der Waals surface area contributed by atoms with Gasteiger partial charge in [-0.05, 0) is 12.0 Å². The van der Waals surface area contributed by atoms with E-state index in [0.29, 0.717) is 24.1 Å². The van der Waals surface area contributed by atoms with Crippen molar-refractivity contribution in [3.8, 4) is 0 Å². The largest absolute Gasteiger partial charge is 0.369 e. The molecule has 2 aromatic rings. The number of carbonyl (C=O) groups is 1. The predicted molar refractivity (Wildman–Crippen MR) is 98.8 cm³/mol. The number of rotatable bonds is 6. The van der Waals surface area contributed by atoms with Crippen LogP contribution in [0.15, 0.2) is 46.2 Å². The minimum atomic E-state index is -1.66. The van der Waals surface area contributed by atoms with Gasteiger partial charge in [0, 0.05) is 18.3 Å². The molecule has 2 rings (SSSR count). The first-order valence-corrected chi connectivity index (χ1v) is 8.60. The van der Waals surface area contributed by atoms with Crippen LogP contribution in [-0.2, 0) is 24.2 Å². The molecule has 1 aromatic carbocycles. The minimum Gasteiger partial charge on any atom is -0.369 e. The zero-order valence-corrected chi connectivity index (χ0v) is 15.5. The second-order valence-corrected chi connectivity index (χ2v) is 7.94. The number of hydrogen-bond acceptors (Lipinski definition) is 3. The molecule has 0 aliphatic rings. The van der Waals surface area contributed by atoms with Crippen LogP contribution in [0.3, 0.4) is 0 Å². The van der Waals surface area contributed by atoms with Gasteiger partial charge in [-0.1, -0.05) is 65.1 Å². The molecule has 9 heteroatoms. The molecule has 0 fully saturated rings. The van der Waals surface area contributed by atoms with Crippen molar-refractivity contribution < 1.29 is 4.79 Å². The van der Waals surface area contributed by atoms with Gasteiger partial charge >= 0.3 is 5.69 Å². The molecule has 1 heterocycles. The molecule has 0 saturated carbocycles. The Bertz CT molecular complexity index is 854. The highest BCUT2D eigenvalue weighted by Gasteiger charge is 2.22. The van der Waals surface area contributed by atoms with Gasteiger partial charge in [0.1, 0.15) is 5.49 Å². The molecule has 0 spiro atoms. The van der Waals surface area contributed by atoms with Crippen LogP contribution < -0.4 is 16.9 Å². The maximum atomic E-state index is 12.3. The fourth-order valence-corrected chi connectivity index (χ4v) is 2.63. The van der Waals surface area contributed by atoms with Crippen LogP contribution in [0.25, 0.3) is 0 Å². The van der Waals surface area contributed by atoms with Gasteiger partial charge in [-0.2, -0.15) is 0 Å². The Morgan fingerprint density at radius 2 is 1.92 bits per heavy atom. The number of aromatic amines is 1. The van der Waals surface area contributed by atoms with Gasteiger partial charge in [0.05, 0.1) is 13.0 Å². The topological polar surface area (TPSA) is 93.2 Å². The van der Waals surface area contributed by atoms with E-state index in [1.807, 2.05) is 30.3 Å². The maximum absolute atomic E-state index is 12.3. The molecular weight excluding hydrogens is 387 g/mol. The van der Waals surface area contributed by atoms with Gasteiger partial charge in [-0.25, -0.2) is 4.79 Å². The van der Waals surface area contributed by atoms with Crippen LogP contribution in [0.5, 0.6) is 0 Å². The number of benzene rings is 1. The van der Waals surface area contributed by atoms with Crippen molar-refractivity contribution in [2.75, 3.05) is 6.54 Å². The van der Waals surface area contributed by atoms with Gasteiger partial charge in [0.15, 0.2) is 0 Å². The SMILES string of the molecule is NC(=O)Cc1c/c(=N\CCc2ccccc2)n(CC(Cl)(Cl)Cl)c(=O)[nH]1. The van der Waals surface area contributed by atoms with Crippen LogP contribution in [0, 0.1) is 0 Å². The Morgan fingerprint density at radius 3 is 2.52 bits per heavy atom. The lowest BCUT2D eigenvalue weighted by atomic mass is 10.2. The first kappa shape index (κ1) is 19.6. The summed E-state index contributed by atoms with van der Waals surface area (Å²) in [7, 11) is 0. The lowest BCUT2D eigenvalue weighted by Gasteiger charge is -2.14. The van der Waals surface area contributed by atoms with E-state index in [9.17, 15) is 9.59 Å². The number of hydrogen-bond donors (Lipinski definition) is 2. The summed E-state index contributed by atoms with van der Waals surface area (Å²) < 4.78 is -0.435. The molecule has 0 aliphatic heterocycles. The van der Waals surface area contributed by atoms with E-state index in [1.54, 1.807) is 6.07 Å². The highest BCUT2D eigenvalue weighted by Crippen LogP contribution is 2.26. The highest BCUT2D eigenvalue weighted by atomic mass is 35.6. The number of carbonyl (C=O) groups excluding carboxylic acids is 1. The predicted octanol–water partition coefficient (Wildman–Crippen LogP) is 1.72. The molecule has 3 N–H and O–H groups in total. The van der Waals surface area contributed by atoms with Crippen molar-refractivity contribution in [1.29, 1.82) is 0 Å². The maximum Gasteiger partial charge on any atom is 0.327 e. The Morgan fingerprint density at radius 1 is 1.24 bits per heavy atom. The van der Waals surface area contributed by atoms with Crippen molar-refractivity contribution >= 4 is 40.7 Å². The first-order chi connectivity index (χ1) is 11.7. The van der Waals surface area contributed by atoms with Crippen LogP contribution >= 0.6 is 34.8 Å². The molecule has 1 amide bonds. The molecule has 6 nitrogen and oxygen atoms in total. The third-order valence-corrected chi connectivity index (χ3v) is 3.67. The average molecular weight is 404 g/mol. The number of H-pyrrole nitrogens is 1. The van der Waals surface area contributed by atoms with Crippen LogP contribution in [0.4, 0.5) is 0 Å². The number of aromatic nitrogens is 2. The van der Waals surface area contributed by atoms with Gasteiger partial charge in [-0.3, -0.25) is 14.4 Å². The van der Waals surface area contributed by atoms with Crippen LogP contribution in [-0.4, -0.2) is 25.8 Å². The van der Waals surface area contributed by atoms with Crippen LogP contribution in [0.2, 0.25) is 0 Å². The summed E-state index contributed by atoms with van der Waals surface area (Å²) in [5.74, 6) is -0.565. The number of nitrogens with two attached hydrogens (primary N) is 1. The van der Waals surface area contributed by atoms with E-state index in [-0.39, 0.29) is 13.0 Å². The van der Waals surface area contributed by atoms with Gasteiger partial charge in [-0.15, -0.1) is 0 Å². The number of nitrogens with zero attached hydrogens (tertiary/aromatic N) is 2. The van der Waals surface area contributed by atoms with Crippen molar-refractivity contribution in [3.63, 3.8) is 0 Å². The summed E-state index contributed by atoms with van der Waals surface area (Å²) in [5, 5.41) is 0. The third kappa shape index (κ3) is 6.57. The molecule has 0 atom stereocenters. The van der Waals surface area contributed by atoms with E-state index in [0.717, 1.165) is 5.56 Å². The normalized spacial score (nSPS) is 12.4. The van der Waals surface area contributed by atoms with Gasteiger partial charge in [0.25, 0.3) is 0 Å². The van der Waals surface area contributed by atoms with Crippen molar-refractivity contribution in [2.45, 2.75) is 23.2 Å². The molecule has 1 aromatic heterocycles. The number of halogens is 3. The molecular formula is C16H17Cl3N4O2. The van der Waals surface area contributed by atoms with Crippen molar-refractivity contribution in [2.24, 2.45) is 10.7 Å². The van der Waals surface area contributed by atoms with Crippen molar-refractivity contribution in [3.05, 3.63) is 63.6 Å². The Hall–Kier alpha value is -1.76. The molecule has 25 heavy (non-hydrogen) atoms. The number of nitrogens with one attached hydrogen (secondary N) is 1. The summed E-state index contributed by atoms with van der Waals surface area (Å²) in [5.41, 5.74) is 6.45. The summed E-state index contributed by atoms with van der Waals surface area (Å²) in [4.78, 5) is 30.4. The smallest absolute Gasteiger partial charge is 0.327 e. The summed E-state index contributed by atoms with van der Waals surface area (Å²) in [6.45, 7) is 0.261. The second kappa shape index (κ2) is 8.56. The fourth-order valence-electron chi connectivity index (χ4n) is 2.27. The molecule has 0 aliphatic carbocycles. The van der Waals surface area contributed by atoms with E-state index < -0.39 is 15.4 Å². The Balaban J connectivity index is 2.36. The molecule has 0 radical (unpaired) electrons. The zero-order valence-electron chi connectivity index (χ0n) is 13.2. The molecule has 0 bridgehead atoms. The van der Waals surface area contributed by atoms with E-state index in [2.05, 4.69) is 9.98 Å². The molecule has 0 unspecified atom stereocenters. The number of primary amides is 1. The van der Waals surface area contributed by atoms with E-state index >= 15 is 0 Å². The third-order valence-electron chi connectivity index (χ3n) is 3.31. The summed E-state index contributed by atoms with van der Waals surface area (Å²) in [6, 6.07) is 11.4. The molecule has 134 valence electrons. The molecule has 0 saturated heterocycles. The average Bonchev–Trinajstić information content (AvgIpc) is 2.50. The first-order valence-electron chi connectivity index (χ1n) is 7.47. The van der Waals surface area contributed by atoms with Crippen molar-refractivity contribution in [1.82, 2.24) is 9.55 Å². The Labute approximate surface area is 159 Å². The fraction of sp³-hybridized carbons (Fsp3) is 0.312. The quantitative estimate of drug-likeness (QED) is 0.719. The van der Waals surface area contributed by atoms with Gasteiger partial charge in [0.2, 0.25) is 9.70 Å². The lowest BCUT2D eigenvalue weighted by molar-refractivity contribution is -0.117. The lowest BCUT2D eigenvalue weighted by Crippen LogP contribution is -2.40. The minimum absolute atomic E-state index is 0.106. The van der Waals surface area contributed by atoms with E-state index in [1.165, 1.54) is 4.57 Å². The van der Waals surface area contributed by atoms with Gasteiger partial charge < -0.3 is 10.7 Å². The summed E-state index contributed by atoms with van der Waals surface area (Å²) in [6.07, 6.45) is 0.581. The standard InChI is InChI=1S/C16H17Cl3N4O2/c17-16(18,19)10-23-14(9-12(8-13(20)24)22-15(23)25)21-7-6-11-4-2-1-3-5-11/h1-5,9H,6-8,10H2,(H2,20,24)(H,22,25)/b21-14+. The summed E-state index contributed by atoms with van der Waals surface area (Å²) >= 11 is 17.4. The number of alkyl halides is 3. The highest BCUT2D eigenvalue weighted by molar-refractivity contribution is 6.67. The second-order valence-electron chi connectivity index (χ2n) is 5.42. The van der Waals surface area contributed by atoms with Crippen LogP contribution in [0.1, 0.15) is 11.3 Å². The van der Waals surface area contributed by atoms with E-state index in [4.69, 9.17) is 40.5 Å².